The van der Waals surface area contributed by atoms with Crippen LogP contribution in [0.2, 0.25) is 0 Å². The lowest BCUT2D eigenvalue weighted by molar-refractivity contribution is 0.159. The summed E-state index contributed by atoms with van der Waals surface area (Å²) in [6.07, 6.45) is 2.31. The Balaban J connectivity index is 2.67. The van der Waals surface area contributed by atoms with Gasteiger partial charge in [-0.1, -0.05) is 44.2 Å². The van der Waals surface area contributed by atoms with Crippen molar-refractivity contribution in [1.29, 1.82) is 0 Å². The fourth-order valence-corrected chi connectivity index (χ4v) is 1.90. The van der Waals surface area contributed by atoms with Gasteiger partial charge in [0.1, 0.15) is 0 Å². The lowest BCUT2D eigenvalue weighted by Gasteiger charge is -2.24. The van der Waals surface area contributed by atoms with E-state index in [4.69, 9.17) is 4.74 Å². The Labute approximate surface area is 99.0 Å². The molecule has 2 heteroatoms. The number of rotatable bonds is 7. The van der Waals surface area contributed by atoms with Crippen molar-refractivity contribution in [3.63, 3.8) is 0 Å². The summed E-state index contributed by atoms with van der Waals surface area (Å²) >= 11 is 0. The number of hydrogen-bond acceptors (Lipinski definition) is 2. The Hall–Kier alpha value is -0.860. The van der Waals surface area contributed by atoms with Gasteiger partial charge >= 0.3 is 0 Å². The molecule has 0 unspecified atom stereocenters. The minimum absolute atomic E-state index is 0.302. The molecule has 1 aromatic rings. The maximum atomic E-state index is 5.29. The van der Waals surface area contributed by atoms with Gasteiger partial charge in [0.2, 0.25) is 0 Å². The van der Waals surface area contributed by atoms with Crippen LogP contribution in [0.5, 0.6) is 0 Å². The van der Waals surface area contributed by atoms with Crippen molar-refractivity contribution in [2.75, 3.05) is 13.7 Å². The molecule has 0 amide bonds. The molecular formula is C14H23NO. The maximum absolute atomic E-state index is 5.29. The maximum Gasteiger partial charge on any atom is 0.0657 e. The third-order valence-corrected chi connectivity index (χ3v) is 2.96. The van der Waals surface area contributed by atoms with Crippen LogP contribution >= 0.6 is 0 Å². The van der Waals surface area contributed by atoms with E-state index in [1.807, 2.05) is 6.07 Å². The van der Waals surface area contributed by atoms with Gasteiger partial charge in [0.25, 0.3) is 0 Å². The molecule has 0 aliphatic heterocycles. The first-order chi connectivity index (χ1) is 7.81. The fourth-order valence-electron chi connectivity index (χ4n) is 1.90. The molecule has 0 saturated heterocycles. The smallest absolute Gasteiger partial charge is 0.0657 e. The predicted octanol–water partition coefficient (Wildman–Crippen LogP) is 3.15. The number of methoxy groups -OCH3 is 1. The van der Waals surface area contributed by atoms with Crippen molar-refractivity contribution in [3.05, 3.63) is 35.9 Å². The van der Waals surface area contributed by atoms with Crippen molar-refractivity contribution in [1.82, 2.24) is 5.32 Å². The normalized spacial score (nSPS) is 13.0. The fraction of sp³-hybridized carbons (Fsp3) is 0.571. The molecule has 1 N–H and O–H groups in total. The van der Waals surface area contributed by atoms with E-state index in [0.29, 0.717) is 12.1 Å². The van der Waals surface area contributed by atoms with Crippen LogP contribution in [0.25, 0.3) is 0 Å². The lowest BCUT2D eigenvalue weighted by Crippen LogP contribution is -2.34. The van der Waals surface area contributed by atoms with E-state index in [0.717, 1.165) is 19.4 Å². The van der Waals surface area contributed by atoms with E-state index in [-0.39, 0.29) is 0 Å². The van der Waals surface area contributed by atoms with Gasteiger partial charge in [-0.3, -0.25) is 0 Å². The van der Waals surface area contributed by atoms with Gasteiger partial charge in [0.15, 0.2) is 0 Å². The topological polar surface area (TPSA) is 21.3 Å². The molecule has 2 nitrogen and oxygen atoms in total. The molecule has 1 atom stereocenters. The summed E-state index contributed by atoms with van der Waals surface area (Å²) in [6, 6.07) is 11.4. The molecule has 0 radical (unpaired) electrons. The Bertz CT molecular complexity index is 269. The van der Waals surface area contributed by atoms with E-state index < -0.39 is 0 Å². The van der Waals surface area contributed by atoms with Crippen molar-refractivity contribution < 1.29 is 4.74 Å². The highest BCUT2D eigenvalue weighted by molar-refractivity contribution is 5.19. The number of benzene rings is 1. The minimum Gasteiger partial charge on any atom is -0.383 e. The lowest BCUT2D eigenvalue weighted by atomic mass is 10.0. The summed E-state index contributed by atoms with van der Waals surface area (Å²) in [4.78, 5) is 0. The van der Waals surface area contributed by atoms with Gasteiger partial charge < -0.3 is 10.1 Å². The Kier molecular flexibility index (Phi) is 6.12. The quantitative estimate of drug-likeness (QED) is 0.763. The van der Waals surface area contributed by atoms with Crippen molar-refractivity contribution >= 4 is 0 Å². The average Bonchev–Trinajstić information content (AvgIpc) is 2.35. The Morgan fingerprint density at radius 1 is 1.12 bits per heavy atom. The van der Waals surface area contributed by atoms with Gasteiger partial charge in [-0.15, -0.1) is 0 Å². The summed E-state index contributed by atoms with van der Waals surface area (Å²) in [5.41, 5.74) is 1.30. The molecule has 1 rings (SSSR count). The summed E-state index contributed by atoms with van der Waals surface area (Å²) in [5.74, 6) is 0. The van der Waals surface area contributed by atoms with Crippen LogP contribution < -0.4 is 5.32 Å². The van der Waals surface area contributed by atoms with Gasteiger partial charge in [-0.05, 0) is 18.4 Å². The third-order valence-electron chi connectivity index (χ3n) is 2.96. The van der Waals surface area contributed by atoms with Crippen LogP contribution in [0.1, 0.15) is 38.3 Å². The first-order valence-electron chi connectivity index (χ1n) is 6.11. The summed E-state index contributed by atoms with van der Waals surface area (Å²) in [5, 5.41) is 3.65. The second kappa shape index (κ2) is 7.42. The Morgan fingerprint density at radius 3 is 2.25 bits per heavy atom. The minimum atomic E-state index is 0.302. The van der Waals surface area contributed by atoms with Gasteiger partial charge in [-0.25, -0.2) is 0 Å². The summed E-state index contributed by atoms with van der Waals surface area (Å²) in [6.45, 7) is 5.16. The molecule has 0 aromatic heterocycles. The first kappa shape index (κ1) is 13.2. The van der Waals surface area contributed by atoms with Crippen LogP contribution in [0.4, 0.5) is 0 Å². The molecule has 0 fully saturated rings. The zero-order valence-electron chi connectivity index (χ0n) is 10.6. The second-order valence-electron chi connectivity index (χ2n) is 4.10. The van der Waals surface area contributed by atoms with Crippen LogP contribution in [-0.2, 0) is 4.74 Å². The standard InChI is InChI=1S/C14H23NO/c1-4-13(5-2)15-14(11-16-3)12-9-7-6-8-10-12/h6-10,13-15H,4-5,11H2,1-3H3/t14-/m1/s1. The van der Waals surface area contributed by atoms with Gasteiger partial charge in [0.05, 0.1) is 12.6 Å². The molecule has 16 heavy (non-hydrogen) atoms. The van der Waals surface area contributed by atoms with E-state index >= 15 is 0 Å². The van der Waals surface area contributed by atoms with Crippen LogP contribution in [-0.4, -0.2) is 19.8 Å². The number of nitrogens with one attached hydrogen (secondary N) is 1. The largest absolute Gasteiger partial charge is 0.383 e. The monoisotopic (exact) mass is 221 g/mol. The highest BCUT2D eigenvalue weighted by atomic mass is 16.5. The van der Waals surface area contributed by atoms with E-state index in [1.54, 1.807) is 7.11 Å². The predicted molar refractivity (Wildman–Crippen MR) is 68.6 cm³/mol. The number of ether oxygens (including phenoxy) is 1. The second-order valence-corrected chi connectivity index (χ2v) is 4.10. The molecule has 0 spiro atoms. The molecular weight excluding hydrogens is 198 g/mol. The first-order valence-corrected chi connectivity index (χ1v) is 6.11. The van der Waals surface area contributed by atoms with Crippen molar-refractivity contribution in [2.45, 2.75) is 38.8 Å². The Morgan fingerprint density at radius 2 is 1.75 bits per heavy atom. The molecule has 1 aromatic carbocycles. The van der Waals surface area contributed by atoms with Crippen molar-refractivity contribution in [3.8, 4) is 0 Å². The van der Waals surface area contributed by atoms with E-state index in [1.165, 1.54) is 5.56 Å². The highest BCUT2D eigenvalue weighted by Crippen LogP contribution is 2.15. The van der Waals surface area contributed by atoms with Crippen LogP contribution in [0.15, 0.2) is 30.3 Å². The molecule has 90 valence electrons. The molecule has 0 saturated carbocycles. The van der Waals surface area contributed by atoms with Gasteiger partial charge in [0, 0.05) is 13.2 Å². The van der Waals surface area contributed by atoms with E-state index in [9.17, 15) is 0 Å². The van der Waals surface area contributed by atoms with Crippen LogP contribution in [0.3, 0.4) is 0 Å². The molecule has 0 aliphatic rings. The summed E-state index contributed by atoms with van der Waals surface area (Å²) < 4.78 is 5.29. The summed E-state index contributed by atoms with van der Waals surface area (Å²) in [7, 11) is 1.75. The SMILES string of the molecule is CCC(CC)N[C@H](COC)c1ccccc1. The highest BCUT2D eigenvalue weighted by Gasteiger charge is 2.14. The van der Waals surface area contributed by atoms with Crippen molar-refractivity contribution in [2.24, 2.45) is 0 Å². The third kappa shape index (κ3) is 3.95. The number of hydrogen-bond donors (Lipinski definition) is 1. The zero-order valence-corrected chi connectivity index (χ0v) is 10.6. The molecule has 0 bridgehead atoms. The zero-order chi connectivity index (χ0) is 11.8. The average molecular weight is 221 g/mol. The molecule has 0 aliphatic carbocycles. The molecule has 0 heterocycles. The van der Waals surface area contributed by atoms with E-state index in [2.05, 4.69) is 43.4 Å². The van der Waals surface area contributed by atoms with Crippen LogP contribution in [0, 0.1) is 0 Å². The van der Waals surface area contributed by atoms with Gasteiger partial charge in [-0.2, -0.15) is 0 Å².